The summed E-state index contributed by atoms with van der Waals surface area (Å²) in [5.74, 6) is 0. The monoisotopic (exact) mass is 186 g/mol. The van der Waals surface area contributed by atoms with Crippen LogP contribution in [-0.4, -0.2) is 16.2 Å². The molecule has 0 fully saturated rings. The van der Waals surface area contributed by atoms with E-state index in [0.717, 1.165) is 17.2 Å². The molecule has 5 nitrogen and oxygen atoms in total. The number of fused-ring (bicyclic) bond motifs is 1. The number of nitrogens with one attached hydrogen (secondary N) is 1. The third-order valence-electron chi connectivity index (χ3n) is 1.62. The quantitative estimate of drug-likeness (QED) is 0.569. The number of benzene rings is 1. The van der Waals surface area contributed by atoms with Gasteiger partial charge in [0.1, 0.15) is 12.3 Å². The lowest BCUT2D eigenvalue weighted by Crippen LogP contribution is -1.84. The number of imidazole rings is 1. The SMILES string of the molecule is N#CC=NOc1nc2ccccc2[nH]1. The van der Waals surface area contributed by atoms with Crippen molar-refractivity contribution in [1.82, 2.24) is 9.97 Å². The van der Waals surface area contributed by atoms with Crippen LogP contribution >= 0.6 is 0 Å². The largest absolute Gasteiger partial charge is 0.324 e. The Morgan fingerprint density at radius 3 is 3.14 bits per heavy atom. The second-order valence-corrected chi connectivity index (χ2v) is 2.51. The molecule has 0 aliphatic carbocycles. The molecule has 0 unspecified atom stereocenters. The van der Waals surface area contributed by atoms with Gasteiger partial charge in [0.2, 0.25) is 0 Å². The summed E-state index contributed by atoms with van der Waals surface area (Å²) >= 11 is 0. The van der Waals surface area contributed by atoms with Gasteiger partial charge in [0, 0.05) is 0 Å². The molecule has 0 radical (unpaired) electrons. The van der Waals surface area contributed by atoms with Gasteiger partial charge >= 0.3 is 6.01 Å². The highest BCUT2D eigenvalue weighted by Gasteiger charge is 2.00. The first-order chi connectivity index (χ1) is 6.90. The van der Waals surface area contributed by atoms with Crippen LogP contribution in [0.5, 0.6) is 6.01 Å². The Morgan fingerprint density at radius 1 is 1.50 bits per heavy atom. The van der Waals surface area contributed by atoms with Gasteiger partial charge in [-0.05, 0) is 12.1 Å². The lowest BCUT2D eigenvalue weighted by atomic mass is 10.3. The molecule has 1 aromatic carbocycles. The van der Waals surface area contributed by atoms with E-state index in [9.17, 15) is 0 Å². The fraction of sp³-hybridized carbons (Fsp3) is 0. The summed E-state index contributed by atoms with van der Waals surface area (Å²) in [7, 11) is 0. The van der Waals surface area contributed by atoms with E-state index in [1.54, 1.807) is 6.07 Å². The molecule has 68 valence electrons. The minimum Gasteiger partial charge on any atom is -0.316 e. The predicted molar refractivity (Wildman–Crippen MR) is 50.8 cm³/mol. The van der Waals surface area contributed by atoms with E-state index >= 15 is 0 Å². The Bertz CT molecular complexity index is 476. The number of nitriles is 1. The molecule has 0 saturated heterocycles. The average molecular weight is 186 g/mol. The first-order valence-electron chi connectivity index (χ1n) is 3.93. The number of hydrogen-bond acceptors (Lipinski definition) is 4. The number of aromatic nitrogens is 2. The summed E-state index contributed by atoms with van der Waals surface area (Å²) in [5, 5.41) is 11.5. The minimum atomic E-state index is 0.276. The second kappa shape index (κ2) is 3.58. The van der Waals surface area contributed by atoms with Crippen molar-refractivity contribution in [2.75, 3.05) is 0 Å². The molecule has 1 heterocycles. The van der Waals surface area contributed by atoms with E-state index in [4.69, 9.17) is 10.1 Å². The standard InChI is InChI=1S/C9H6N4O/c10-5-6-11-14-9-12-7-3-1-2-4-8(7)13-9/h1-4,6H,(H,12,13). The average Bonchev–Trinajstić information content (AvgIpc) is 2.60. The Hall–Kier alpha value is -2.35. The van der Waals surface area contributed by atoms with Crippen LogP contribution in [-0.2, 0) is 0 Å². The van der Waals surface area contributed by atoms with Crippen molar-refractivity contribution >= 4 is 17.2 Å². The number of rotatable bonds is 2. The maximum atomic E-state index is 8.17. The highest BCUT2D eigenvalue weighted by molar-refractivity contribution is 5.76. The van der Waals surface area contributed by atoms with E-state index < -0.39 is 0 Å². The van der Waals surface area contributed by atoms with Gasteiger partial charge in [-0.25, -0.2) is 0 Å². The Kier molecular flexibility index (Phi) is 2.11. The van der Waals surface area contributed by atoms with Crippen LogP contribution in [0.25, 0.3) is 11.0 Å². The second-order valence-electron chi connectivity index (χ2n) is 2.51. The number of aromatic amines is 1. The van der Waals surface area contributed by atoms with Gasteiger partial charge in [-0.15, -0.1) is 0 Å². The zero-order valence-electron chi connectivity index (χ0n) is 7.14. The van der Waals surface area contributed by atoms with E-state index in [1.807, 2.05) is 24.3 Å². The van der Waals surface area contributed by atoms with Crippen LogP contribution in [0.1, 0.15) is 0 Å². The third kappa shape index (κ3) is 1.54. The first-order valence-corrected chi connectivity index (χ1v) is 3.93. The van der Waals surface area contributed by atoms with Crippen LogP contribution in [0.15, 0.2) is 29.4 Å². The molecule has 0 amide bonds. The number of para-hydroxylation sites is 2. The van der Waals surface area contributed by atoms with E-state index in [-0.39, 0.29) is 6.01 Å². The van der Waals surface area contributed by atoms with Crippen LogP contribution in [0.3, 0.4) is 0 Å². The number of hydrogen-bond donors (Lipinski definition) is 1. The number of nitrogens with zero attached hydrogens (tertiary/aromatic N) is 3. The van der Waals surface area contributed by atoms with Crippen LogP contribution < -0.4 is 4.84 Å². The van der Waals surface area contributed by atoms with E-state index in [2.05, 4.69) is 15.1 Å². The summed E-state index contributed by atoms with van der Waals surface area (Å²) in [5.41, 5.74) is 1.67. The summed E-state index contributed by atoms with van der Waals surface area (Å²) < 4.78 is 0. The Labute approximate surface area is 79.6 Å². The summed E-state index contributed by atoms with van der Waals surface area (Å²) in [6, 6.07) is 9.49. The van der Waals surface area contributed by atoms with Gasteiger partial charge in [0.05, 0.1) is 11.0 Å². The van der Waals surface area contributed by atoms with Crippen LogP contribution in [0.2, 0.25) is 0 Å². The van der Waals surface area contributed by atoms with Crippen LogP contribution in [0.4, 0.5) is 0 Å². The molecule has 0 aliphatic rings. The molecule has 1 N–H and O–H groups in total. The van der Waals surface area contributed by atoms with Crippen LogP contribution in [0, 0.1) is 11.3 Å². The molecule has 2 aromatic rings. The molecule has 0 aliphatic heterocycles. The lowest BCUT2D eigenvalue weighted by Gasteiger charge is -1.86. The molecule has 14 heavy (non-hydrogen) atoms. The zero-order valence-corrected chi connectivity index (χ0v) is 7.14. The minimum absolute atomic E-state index is 0.276. The topological polar surface area (TPSA) is 74.1 Å². The van der Waals surface area contributed by atoms with Crippen molar-refractivity contribution in [1.29, 1.82) is 5.26 Å². The predicted octanol–water partition coefficient (Wildman–Crippen LogP) is 1.45. The number of oxime groups is 1. The fourth-order valence-electron chi connectivity index (χ4n) is 1.07. The molecule has 1 aromatic heterocycles. The zero-order chi connectivity index (χ0) is 9.80. The molecule has 0 saturated carbocycles. The van der Waals surface area contributed by atoms with Gasteiger partial charge in [0.15, 0.2) is 0 Å². The van der Waals surface area contributed by atoms with Crippen molar-refractivity contribution in [2.24, 2.45) is 5.16 Å². The van der Waals surface area contributed by atoms with Gasteiger partial charge in [-0.2, -0.15) is 10.2 Å². The van der Waals surface area contributed by atoms with Crippen molar-refractivity contribution in [3.63, 3.8) is 0 Å². The van der Waals surface area contributed by atoms with Crippen molar-refractivity contribution in [3.8, 4) is 12.1 Å². The third-order valence-corrected chi connectivity index (χ3v) is 1.62. The molecule has 0 atom stereocenters. The fourth-order valence-corrected chi connectivity index (χ4v) is 1.07. The smallest absolute Gasteiger partial charge is 0.316 e. The van der Waals surface area contributed by atoms with E-state index in [0.29, 0.717) is 0 Å². The molecular weight excluding hydrogens is 180 g/mol. The maximum Gasteiger partial charge on any atom is 0.324 e. The normalized spacial score (nSPS) is 10.5. The molecule has 0 bridgehead atoms. The lowest BCUT2D eigenvalue weighted by molar-refractivity contribution is 0.320. The van der Waals surface area contributed by atoms with Crippen molar-refractivity contribution in [3.05, 3.63) is 24.3 Å². The summed E-state index contributed by atoms with van der Waals surface area (Å²) in [6.45, 7) is 0. The first kappa shape index (κ1) is 8.26. The van der Waals surface area contributed by atoms with E-state index in [1.165, 1.54) is 0 Å². The number of H-pyrrole nitrogens is 1. The summed E-state index contributed by atoms with van der Waals surface area (Å²) in [4.78, 5) is 11.8. The van der Waals surface area contributed by atoms with Gasteiger partial charge < -0.3 is 9.82 Å². The highest BCUT2D eigenvalue weighted by Crippen LogP contribution is 2.14. The maximum absolute atomic E-state index is 8.17. The Morgan fingerprint density at radius 2 is 2.36 bits per heavy atom. The van der Waals surface area contributed by atoms with Gasteiger partial charge in [-0.1, -0.05) is 17.3 Å². The molecule has 2 rings (SSSR count). The highest BCUT2D eigenvalue weighted by atomic mass is 16.6. The molecule has 5 heteroatoms. The van der Waals surface area contributed by atoms with Crippen molar-refractivity contribution in [2.45, 2.75) is 0 Å². The Balaban J connectivity index is 2.28. The van der Waals surface area contributed by atoms with Gasteiger partial charge in [-0.3, -0.25) is 0 Å². The van der Waals surface area contributed by atoms with Crippen molar-refractivity contribution < 1.29 is 4.84 Å². The van der Waals surface area contributed by atoms with Gasteiger partial charge in [0.25, 0.3) is 0 Å². The molecule has 0 spiro atoms. The summed E-state index contributed by atoms with van der Waals surface area (Å²) in [6.07, 6.45) is 0.993. The molecular formula is C9H6N4O.